The van der Waals surface area contributed by atoms with E-state index in [1.807, 2.05) is 16.7 Å². The number of amides is 3. The van der Waals surface area contributed by atoms with Crippen molar-refractivity contribution in [2.75, 3.05) is 19.6 Å². The van der Waals surface area contributed by atoms with Crippen LogP contribution in [-0.4, -0.2) is 64.2 Å². The van der Waals surface area contributed by atoms with Crippen molar-refractivity contribution in [1.82, 2.24) is 20.1 Å². The van der Waals surface area contributed by atoms with Gasteiger partial charge in [-0.15, -0.1) is 0 Å². The first-order valence-electron chi connectivity index (χ1n) is 10.3. The lowest BCUT2D eigenvalue weighted by atomic mass is 9.72. The van der Waals surface area contributed by atoms with E-state index in [2.05, 4.69) is 10.3 Å². The summed E-state index contributed by atoms with van der Waals surface area (Å²) in [5.74, 6) is 1.05. The third-order valence-electron chi connectivity index (χ3n) is 6.51. The highest BCUT2D eigenvalue weighted by molar-refractivity contribution is 5.93. The van der Waals surface area contributed by atoms with Crippen LogP contribution in [0.5, 0.6) is 0 Å². The second-order valence-electron chi connectivity index (χ2n) is 8.21. The van der Waals surface area contributed by atoms with Crippen molar-refractivity contribution in [3.05, 3.63) is 17.8 Å². The van der Waals surface area contributed by atoms with Crippen molar-refractivity contribution in [2.45, 2.75) is 58.0 Å². The van der Waals surface area contributed by atoms with Gasteiger partial charge in [0, 0.05) is 45.4 Å². The Morgan fingerprint density at radius 2 is 2.11 bits per heavy atom. The summed E-state index contributed by atoms with van der Waals surface area (Å²) in [5.41, 5.74) is 0.400. The molecule has 8 heteroatoms. The van der Waals surface area contributed by atoms with E-state index in [0.717, 1.165) is 19.3 Å². The van der Waals surface area contributed by atoms with Crippen LogP contribution < -0.4 is 5.32 Å². The summed E-state index contributed by atoms with van der Waals surface area (Å²) >= 11 is 0. The maximum Gasteiger partial charge on any atom is 0.276 e. The highest BCUT2D eigenvalue weighted by Crippen LogP contribution is 2.41. The van der Waals surface area contributed by atoms with E-state index in [0.29, 0.717) is 43.9 Å². The zero-order valence-electron chi connectivity index (χ0n) is 16.5. The molecule has 3 saturated heterocycles. The van der Waals surface area contributed by atoms with Gasteiger partial charge in [0.15, 0.2) is 12.1 Å². The van der Waals surface area contributed by atoms with Crippen molar-refractivity contribution in [1.29, 1.82) is 0 Å². The predicted molar refractivity (Wildman–Crippen MR) is 100 cm³/mol. The maximum atomic E-state index is 13.1. The van der Waals surface area contributed by atoms with Gasteiger partial charge >= 0.3 is 0 Å². The molecule has 0 spiro atoms. The molecule has 1 N–H and O–H groups in total. The summed E-state index contributed by atoms with van der Waals surface area (Å²) in [4.78, 5) is 45.4. The molecule has 1 aromatic heterocycles. The largest absolute Gasteiger partial charge is 0.448 e. The Labute approximate surface area is 164 Å². The molecule has 0 aliphatic carbocycles. The minimum atomic E-state index is -0.0953. The summed E-state index contributed by atoms with van der Waals surface area (Å²) in [6, 6.07) is 0.0892. The molecule has 3 aliphatic rings. The van der Waals surface area contributed by atoms with Gasteiger partial charge in [-0.25, -0.2) is 4.98 Å². The zero-order valence-corrected chi connectivity index (χ0v) is 16.5. The summed E-state index contributed by atoms with van der Waals surface area (Å²) < 4.78 is 5.35. The molecule has 2 bridgehead atoms. The van der Waals surface area contributed by atoms with Crippen LogP contribution in [0, 0.1) is 11.8 Å². The van der Waals surface area contributed by atoms with E-state index < -0.39 is 0 Å². The summed E-state index contributed by atoms with van der Waals surface area (Å²) in [6.45, 7) is 5.10. The Kier molecular flexibility index (Phi) is 5.12. The van der Waals surface area contributed by atoms with Gasteiger partial charge in [0.2, 0.25) is 11.8 Å². The standard InChI is InChI=1S/C20H28N4O4/c1-3-17-19(22-11-28-17)20(27)23-9-13-7-14(10-23)16(8-21-12(2)25)24-15(13)5-4-6-18(24)26/h11,13-16H,3-10H2,1-2H3,(H,21,25)/t13-,14+,15+,16+/m1/s1. The Balaban J connectivity index is 1.59. The fraction of sp³-hybridized carbons (Fsp3) is 0.700. The number of hydrogen-bond acceptors (Lipinski definition) is 5. The molecular formula is C20H28N4O4. The molecule has 4 rings (SSSR count). The average Bonchev–Trinajstić information content (AvgIpc) is 3.16. The molecule has 0 aromatic carbocycles. The third kappa shape index (κ3) is 3.29. The first-order chi connectivity index (χ1) is 13.5. The Hall–Kier alpha value is -2.38. The topological polar surface area (TPSA) is 95.8 Å². The summed E-state index contributed by atoms with van der Waals surface area (Å²) in [7, 11) is 0. The first-order valence-corrected chi connectivity index (χ1v) is 10.3. The molecule has 4 atom stereocenters. The van der Waals surface area contributed by atoms with Gasteiger partial charge in [0.05, 0.1) is 6.04 Å². The molecule has 3 aliphatic heterocycles. The molecule has 0 radical (unpaired) electrons. The van der Waals surface area contributed by atoms with Crippen molar-refractivity contribution < 1.29 is 18.8 Å². The van der Waals surface area contributed by atoms with Crippen LogP contribution in [0.1, 0.15) is 55.8 Å². The SMILES string of the molecule is CCc1ocnc1C(=O)N1C[C@H]2C[C@@H](C1)[C@H](CNC(C)=O)N1C(=O)CCC[C@@H]21. The van der Waals surface area contributed by atoms with Gasteiger partial charge in [-0.3, -0.25) is 14.4 Å². The van der Waals surface area contributed by atoms with E-state index in [4.69, 9.17) is 4.42 Å². The van der Waals surface area contributed by atoms with E-state index in [-0.39, 0.29) is 41.6 Å². The summed E-state index contributed by atoms with van der Waals surface area (Å²) in [6.07, 6.45) is 5.38. The van der Waals surface area contributed by atoms with Crippen LogP contribution in [-0.2, 0) is 16.0 Å². The predicted octanol–water partition coefficient (Wildman–Crippen LogP) is 1.21. The minimum absolute atomic E-state index is 0.0588. The van der Waals surface area contributed by atoms with E-state index in [1.54, 1.807) is 0 Å². The highest BCUT2D eigenvalue weighted by atomic mass is 16.3. The first kappa shape index (κ1) is 19.0. The van der Waals surface area contributed by atoms with Crippen molar-refractivity contribution in [2.24, 2.45) is 11.8 Å². The zero-order chi connectivity index (χ0) is 19.8. The normalized spacial score (nSPS) is 29.4. The second kappa shape index (κ2) is 7.56. The van der Waals surface area contributed by atoms with Gasteiger partial charge in [-0.2, -0.15) is 0 Å². The van der Waals surface area contributed by atoms with E-state index >= 15 is 0 Å². The van der Waals surface area contributed by atoms with Crippen LogP contribution in [0.3, 0.4) is 0 Å². The van der Waals surface area contributed by atoms with Crippen molar-refractivity contribution in [3.63, 3.8) is 0 Å². The number of piperidine rings is 3. The fourth-order valence-corrected chi connectivity index (χ4v) is 5.30. The Bertz CT molecular complexity index is 776. The number of carbonyl (C=O) groups excluding carboxylic acids is 3. The molecule has 0 saturated carbocycles. The summed E-state index contributed by atoms with van der Waals surface area (Å²) in [5, 5.41) is 2.90. The molecule has 1 aromatic rings. The molecule has 3 fully saturated rings. The van der Waals surface area contributed by atoms with Gasteiger partial charge in [0.1, 0.15) is 5.76 Å². The number of carbonyl (C=O) groups is 3. The molecule has 152 valence electrons. The van der Waals surface area contributed by atoms with Crippen LogP contribution in [0.2, 0.25) is 0 Å². The quantitative estimate of drug-likeness (QED) is 0.837. The lowest BCUT2D eigenvalue weighted by Gasteiger charge is -2.56. The highest BCUT2D eigenvalue weighted by Gasteiger charge is 2.50. The van der Waals surface area contributed by atoms with E-state index in [9.17, 15) is 14.4 Å². The Morgan fingerprint density at radius 3 is 2.86 bits per heavy atom. The van der Waals surface area contributed by atoms with Crippen LogP contribution in [0.25, 0.3) is 0 Å². The van der Waals surface area contributed by atoms with E-state index in [1.165, 1.54) is 13.3 Å². The third-order valence-corrected chi connectivity index (χ3v) is 6.51. The Morgan fingerprint density at radius 1 is 1.32 bits per heavy atom. The van der Waals surface area contributed by atoms with Crippen molar-refractivity contribution >= 4 is 17.7 Å². The number of nitrogens with zero attached hydrogens (tertiary/aromatic N) is 3. The van der Waals surface area contributed by atoms with Gasteiger partial charge in [-0.05, 0) is 31.1 Å². The molecule has 8 nitrogen and oxygen atoms in total. The van der Waals surface area contributed by atoms with Gasteiger partial charge < -0.3 is 19.5 Å². The van der Waals surface area contributed by atoms with Crippen LogP contribution >= 0.6 is 0 Å². The number of aromatic nitrogens is 1. The average molecular weight is 388 g/mol. The number of hydrogen-bond donors (Lipinski definition) is 1. The number of fused-ring (bicyclic) bond motifs is 4. The smallest absolute Gasteiger partial charge is 0.276 e. The number of oxazole rings is 1. The molecular weight excluding hydrogens is 360 g/mol. The van der Waals surface area contributed by atoms with Gasteiger partial charge in [-0.1, -0.05) is 6.92 Å². The number of aryl methyl sites for hydroxylation is 1. The minimum Gasteiger partial charge on any atom is -0.448 e. The van der Waals surface area contributed by atoms with Gasteiger partial charge in [0.25, 0.3) is 5.91 Å². The molecule has 0 unspecified atom stereocenters. The second-order valence-corrected chi connectivity index (χ2v) is 8.21. The maximum absolute atomic E-state index is 13.1. The number of nitrogens with one attached hydrogen (secondary N) is 1. The molecule has 3 amide bonds. The van der Waals surface area contributed by atoms with Crippen molar-refractivity contribution in [3.8, 4) is 0 Å². The monoisotopic (exact) mass is 388 g/mol. The number of rotatable bonds is 4. The lowest BCUT2D eigenvalue weighted by Crippen LogP contribution is -2.67. The molecule has 28 heavy (non-hydrogen) atoms. The lowest BCUT2D eigenvalue weighted by molar-refractivity contribution is -0.151. The fourth-order valence-electron chi connectivity index (χ4n) is 5.30. The molecule has 4 heterocycles. The van der Waals surface area contributed by atoms with Crippen LogP contribution in [0.15, 0.2) is 10.8 Å². The van der Waals surface area contributed by atoms with Crippen LogP contribution in [0.4, 0.5) is 0 Å². The number of likely N-dealkylation sites (tertiary alicyclic amines) is 1.